The number of hydrogen-bond acceptors (Lipinski definition) is 6. The van der Waals surface area contributed by atoms with E-state index in [1.807, 2.05) is 19.9 Å². The minimum atomic E-state index is -0.625. The number of esters is 1. The molecule has 2 heterocycles. The van der Waals surface area contributed by atoms with Crippen molar-refractivity contribution < 1.29 is 28.7 Å². The molecule has 2 fully saturated rings. The molecule has 0 aromatic heterocycles. The predicted molar refractivity (Wildman–Crippen MR) is 133 cm³/mol. The van der Waals surface area contributed by atoms with Crippen LogP contribution in [0.5, 0.6) is 11.5 Å². The third kappa shape index (κ3) is 4.39. The number of anilines is 2. The Hall–Kier alpha value is -3.94. The van der Waals surface area contributed by atoms with E-state index in [2.05, 4.69) is 0 Å². The second-order valence-electron chi connectivity index (χ2n) is 9.47. The van der Waals surface area contributed by atoms with Crippen LogP contribution in [0.4, 0.5) is 11.4 Å². The van der Waals surface area contributed by atoms with Crippen molar-refractivity contribution in [3.05, 3.63) is 60.2 Å². The van der Waals surface area contributed by atoms with Gasteiger partial charge in [0.1, 0.15) is 11.5 Å². The Kier molecular flexibility index (Phi) is 6.35. The van der Waals surface area contributed by atoms with Crippen LogP contribution >= 0.6 is 0 Å². The Morgan fingerprint density at radius 3 is 2.44 bits per heavy atom. The third-order valence-electron chi connectivity index (χ3n) is 7.04. The summed E-state index contributed by atoms with van der Waals surface area (Å²) in [7, 11) is 0. The summed E-state index contributed by atoms with van der Waals surface area (Å²) < 4.78 is 11.0. The second kappa shape index (κ2) is 9.60. The first kappa shape index (κ1) is 23.8. The summed E-state index contributed by atoms with van der Waals surface area (Å²) in [6, 6.07) is 13.6. The van der Waals surface area contributed by atoms with E-state index in [4.69, 9.17) is 9.47 Å². The molecule has 0 N–H and O–H groups in total. The van der Waals surface area contributed by atoms with Crippen LogP contribution < -0.4 is 19.3 Å². The van der Waals surface area contributed by atoms with Gasteiger partial charge < -0.3 is 14.4 Å². The van der Waals surface area contributed by atoms with Crippen LogP contribution in [0.25, 0.3) is 0 Å². The van der Waals surface area contributed by atoms with E-state index in [1.165, 1.54) is 11.0 Å². The summed E-state index contributed by atoms with van der Waals surface area (Å²) >= 11 is 0. The lowest BCUT2D eigenvalue weighted by Crippen LogP contribution is -2.31. The van der Waals surface area contributed by atoms with E-state index in [-0.39, 0.29) is 48.3 Å². The molecule has 1 aliphatic carbocycles. The Balaban J connectivity index is 1.26. The summed E-state index contributed by atoms with van der Waals surface area (Å²) in [6.07, 6.45) is 3.21. The molecule has 3 amide bonds. The van der Waals surface area contributed by atoms with E-state index >= 15 is 0 Å². The molecule has 2 saturated heterocycles. The fourth-order valence-electron chi connectivity index (χ4n) is 5.18. The van der Waals surface area contributed by atoms with Crippen molar-refractivity contribution in [3.8, 4) is 11.5 Å². The molecule has 3 aliphatic rings. The SMILES string of the molecule is CCOc1ccc(N2C[C@@H](C(=O)Oc3cccc(N4C(=O)[C@H]5CC(C)=CC[C@H]5C4=O)c3)CC2=O)cc1. The van der Waals surface area contributed by atoms with Gasteiger partial charge in [-0.3, -0.25) is 19.2 Å². The molecule has 0 saturated carbocycles. The molecule has 2 aromatic rings. The molecule has 0 unspecified atom stereocenters. The van der Waals surface area contributed by atoms with Crippen LogP contribution in [-0.2, 0) is 19.2 Å². The fraction of sp³-hybridized carbons (Fsp3) is 0.357. The molecule has 186 valence electrons. The van der Waals surface area contributed by atoms with Gasteiger partial charge in [0.2, 0.25) is 17.7 Å². The van der Waals surface area contributed by atoms with Gasteiger partial charge in [-0.2, -0.15) is 0 Å². The molecule has 3 atom stereocenters. The zero-order valence-electron chi connectivity index (χ0n) is 20.3. The number of rotatable bonds is 6. The normalized spacial score (nSPS) is 23.6. The predicted octanol–water partition coefficient (Wildman–Crippen LogP) is 3.89. The topological polar surface area (TPSA) is 93.2 Å². The van der Waals surface area contributed by atoms with Crippen LogP contribution in [0, 0.1) is 17.8 Å². The molecule has 0 radical (unpaired) electrons. The van der Waals surface area contributed by atoms with Gasteiger partial charge in [0.25, 0.3) is 0 Å². The highest BCUT2D eigenvalue weighted by Gasteiger charge is 2.48. The maximum Gasteiger partial charge on any atom is 0.316 e. The first-order valence-electron chi connectivity index (χ1n) is 12.2. The van der Waals surface area contributed by atoms with Crippen LogP contribution in [0.3, 0.4) is 0 Å². The molecule has 5 rings (SSSR count). The minimum Gasteiger partial charge on any atom is -0.494 e. The first-order valence-corrected chi connectivity index (χ1v) is 12.2. The van der Waals surface area contributed by atoms with Crippen molar-refractivity contribution in [2.24, 2.45) is 17.8 Å². The number of carbonyl (C=O) groups is 4. The standard InChI is InChI=1S/C28H28N2O6/c1-3-35-21-10-8-19(9-11-21)29-16-18(14-25(29)31)28(34)36-22-6-4-5-20(15-22)30-26(32)23-12-7-17(2)13-24(23)27(30)33/h4-11,15,18,23-24H,3,12-14,16H2,1-2H3/t18-,23+,24-/m0/s1. The third-order valence-corrected chi connectivity index (χ3v) is 7.04. The first-order chi connectivity index (χ1) is 17.4. The monoisotopic (exact) mass is 488 g/mol. The van der Waals surface area contributed by atoms with Crippen molar-refractivity contribution in [2.75, 3.05) is 23.0 Å². The van der Waals surface area contributed by atoms with Crippen molar-refractivity contribution in [1.82, 2.24) is 0 Å². The molecule has 2 aromatic carbocycles. The lowest BCUT2D eigenvalue weighted by molar-refractivity contribution is -0.139. The van der Waals surface area contributed by atoms with E-state index < -0.39 is 11.9 Å². The van der Waals surface area contributed by atoms with Gasteiger partial charge in [0.15, 0.2) is 0 Å². The summed E-state index contributed by atoms with van der Waals surface area (Å²) in [4.78, 5) is 54.3. The Morgan fingerprint density at radius 1 is 0.944 bits per heavy atom. The highest BCUT2D eigenvalue weighted by atomic mass is 16.5. The van der Waals surface area contributed by atoms with Gasteiger partial charge >= 0.3 is 5.97 Å². The van der Waals surface area contributed by atoms with Crippen molar-refractivity contribution in [1.29, 1.82) is 0 Å². The molecular weight excluding hydrogens is 460 g/mol. The zero-order chi connectivity index (χ0) is 25.4. The molecule has 2 aliphatic heterocycles. The number of amides is 3. The molecular formula is C28H28N2O6. The average molecular weight is 489 g/mol. The molecule has 0 bridgehead atoms. The minimum absolute atomic E-state index is 0.0462. The van der Waals surface area contributed by atoms with Gasteiger partial charge in [-0.15, -0.1) is 0 Å². The highest BCUT2D eigenvalue weighted by molar-refractivity contribution is 6.22. The maximum absolute atomic E-state index is 13.0. The Morgan fingerprint density at radius 2 is 1.69 bits per heavy atom. The number of nitrogens with zero attached hydrogens (tertiary/aromatic N) is 2. The summed E-state index contributed by atoms with van der Waals surface area (Å²) in [5.41, 5.74) is 2.20. The lowest BCUT2D eigenvalue weighted by atomic mass is 9.82. The number of fused-ring (bicyclic) bond motifs is 1. The molecule has 8 nitrogen and oxygen atoms in total. The van der Waals surface area contributed by atoms with Gasteiger partial charge in [0, 0.05) is 24.7 Å². The van der Waals surface area contributed by atoms with Crippen LogP contribution in [0.1, 0.15) is 33.1 Å². The van der Waals surface area contributed by atoms with Crippen molar-refractivity contribution >= 4 is 35.1 Å². The van der Waals surface area contributed by atoms with Gasteiger partial charge in [0.05, 0.1) is 30.0 Å². The second-order valence-corrected chi connectivity index (χ2v) is 9.47. The highest BCUT2D eigenvalue weighted by Crippen LogP contribution is 2.40. The average Bonchev–Trinajstić information content (AvgIpc) is 3.37. The van der Waals surface area contributed by atoms with Gasteiger partial charge in [-0.05, 0) is 63.1 Å². The Bertz CT molecular complexity index is 1250. The number of carbonyl (C=O) groups excluding carboxylic acids is 4. The largest absolute Gasteiger partial charge is 0.494 e. The van der Waals surface area contributed by atoms with Crippen LogP contribution in [0.15, 0.2) is 60.2 Å². The smallest absolute Gasteiger partial charge is 0.316 e. The van der Waals surface area contributed by atoms with E-state index in [9.17, 15) is 19.2 Å². The van der Waals surface area contributed by atoms with Crippen molar-refractivity contribution in [3.63, 3.8) is 0 Å². The zero-order valence-corrected chi connectivity index (χ0v) is 20.3. The van der Waals surface area contributed by atoms with Gasteiger partial charge in [-0.1, -0.05) is 17.7 Å². The van der Waals surface area contributed by atoms with E-state index in [1.54, 1.807) is 47.4 Å². The summed E-state index contributed by atoms with van der Waals surface area (Å²) in [5, 5.41) is 0. The number of hydrogen-bond donors (Lipinski definition) is 0. The van der Waals surface area contributed by atoms with Crippen LogP contribution in [0.2, 0.25) is 0 Å². The number of allylic oxidation sites excluding steroid dienone is 2. The number of ether oxygens (including phenoxy) is 2. The molecule has 36 heavy (non-hydrogen) atoms. The maximum atomic E-state index is 13.0. The number of imide groups is 1. The summed E-state index contributed by atoms with van der Waals surface area (Å²) in [6.45, 7) is 4.64. The fourth-order valence-corrected chi connectivity index (χ4v) is 5.18. The van der Waals surface area contributed by atoms with E-state index in [0.29, 0.717) is 36.6 Å². The Labute approximate surface area is 209 Å². The summed E-state index contributed by atoms with van der Waals surface area (Å²) in [5.74, 6) is -1.48. The van der Waals surface area contributed by atoms with Crippen LogP contribution in [-0.4, -0.2) is 36.8 Å². The molecule has 8 heteroatoms. The van der Waals surface area contributed by atoms with Gasteiger partial charge in [-0.25, -0.2) is 4.90 Å². The quantitative estimate of drug-likeness (QED) is 0.265. The van der Waals surface area contributed by atoms with Crippen molar-refractivity contribution in [2.45, 2.75) is 33.1 Å². The lowest BCUT2D eigenvalue weighted by Gasteiger charge is -2.18. The van der Waals surface area contributed by atoms with E-state index in [0.717, 1.165) is 5.57 Å². The number of benzene rings is 2. The molecule has 0 spiro atoms.